The Morgan fingerprint density at radius 2 is 1.79 bits per heavy atom. The summed E-state index contributed by atoms with van der Waals surface area (Å²) in [7, 11) is 1.92. The number of carbonyl (C=O) groups excluding carboxylic acids is 1. The van der Waals surface area contributed by atoms with Gasteiger partial charge in [0.2, 0.25) is 5.91 Å². The summed E-state index contributed by atoms with van der Waals surface area (Å²) in [5.41, 5.74) is 5.55. The number of benzene rings is 1. The van der Waals surface area contributed by atoms with E-state index in [9.17, 15) is 4.79 Å². The summed E-state index contributed by atoms with van der Waals surface area (Å²) >= 11 is 0. The molecule has 5 nitrogen and oxygen atoms in total. The number of rotatable bonds is 6. The van der Waals surface area contributed by atoms with E-state index >= 15 is 0 Å². The number of piperidine rings is 1. The molecule has 1 aliphatic heterocycles. The zero-order valence-electron chi connectivity index (χ0n) is 18.0. The lowest BCUT2D eigenvalue weighted by molar-refractivity contribution is -0.120. The van der Waals surface area contributed by atoms with Crippen molar-refractivity contribution in [3.05, 3.63) is 52.3 Å². The van der Waals surface area contributed by atoms with Gasteiger partial charge in [0.05, 0.1) is 12.1 Å². The highest BCUT2D eigenvalue weighted by Gasteiger charge is 2.22. The van der Waals surface area contributed by atoms with Gasteiger partial charge in [-0.2, -0.15) is 5.10 Å². The molecule has 28 heavy (non-hydrogen) atoms. The molecule has 0 saturated carbocycles. The zero-order chi connectivity index (χ0) is 20.3. The van der Waals surface area contributed by atoms with Gasteiger partial charge in [-0.3, -0.25) is 14.4 Å². The largest absolute Gasteiger partial charge is 0.352 e. The quantitative estimate of drug-likeness (QED) is 0.833. The third kappa shape index (κ3) is 5.02. The van der Waals surface area contributed by atoms with E-state index in [-0.39, 0.29) is 5.91 Å². The second kappa shape index (κ2) is 8.91. The Kier molecular flexibility index (Phi) is 6.55. The van der Waals surface area contributed by atoms with Gasteiger partial charge >= 0.3 is 0 Å². The monoisotopic (exact) mass is 382 g/mol. The number of amides is 1. The van der Waals surface area contributed by atoms with Crippen LogP contribution in [0.5, 0.6) is 0 Å². The predicted molar refractivity (Wildman–Crippen MR) is 113 cm³/mol. The van der Waals surface area contributed by atoms with E-state index < -0.39 is 0 Å². The van der Waals surface area contributed by atoms with Crippen LogP contribution in [0.15, 0.2) is 24.3 Å². The molecule has 0 spiro atoms. The van der Waals surface area contributed by atoms with Crippen LogP contribution in [-0.2, 0) is 31.4 Å². The number of carbonyl (C=O) groups is 1. The highest BCUT2D eigenvalue weighted by atomic mass is 16.1. The Morgan fingerprint density at radius 1 is 1.14 bits per heavy atom. The van der Waals surface area contributed by atoms with E-state index in [1.165, 1.54) is 17.5 Å². The first-order chi connectivity index (χ1) is 13.3. The van der Waals surface area contributed by atoms with Gasteiger partial charge < -0.3 is 5.32 Å². The van der Waals surface area contributed by atoms with Crippen molar-refractivity contribution in [2.75, 3.05) is 13.1 Å². The molecule has 3 rings (SSSR count). The maximum Gasteiger partial charge on any atom is 0.224 e. The van der Waals surface area contributed by atoms with Gasteiger partial charge in [0.1, 0.15) is 0 Å². The van der Waals surface area contributed by atoms with E-state index in [0.717, 1.165) is 48.4 Å². The Hall–Kier alpha value is -2.14. The molecule has 1 amide bonds. The molecule has 0 radical (unpaired) electrons. The second-order valence-corrected chi connectivity index (χ2v) is 8.64. The lowest BCUT2D eigenvalue weighted by atomic mass is 9.91. The van der Waals surface area contributed by atoms with Crippen LogP contribution < -0.4 is 5.32 Å². The molecule has 1 aromatic heterocycles. The Balaban J connectivity index is 1.61. The van der Waals surface area contributed by atoms with Crippen LogP contribution in [-0.4, -0.2) is 33.7 Å². The standard InChI is InChI=1S/C23H34N4O/c1-16-10-17(2)14-27(13-16)15-21-9-7-6-8-20(21)12-24-23(28)11-22-18(3)25-26(5)19(22)4/h6-9,16-17H,10-15H2,1-5H3,(H,24,28)/t16-,17+. The molecular weight excluding hydrogens is 348 g/mol. The van der Waals surface area contributed by atoms with Crippen LogP contribution in [0, 0.1) is 25.7 Å². The van der Waals surface area contributed by atoms with Gasteiger partial charge in [0.25, 0.3) is 0 Å². The molecule has 1 aliphatic rings. The predicted octanol–water partition coefficient (Wildman–Crippen LogP) is 3.37. The van der Waals surface area contributed by atoms with Gasteiger partial charge in [0.15, 0.2) is 0 Å². The maximum atomic E-state index is 12.5. The van der Waals surface area contributed by atoms with E-state index in [2.05, 4.69) is 53.4 Å². The Morgan fingerprint density at radius 3 is 2.39 bits per heavy atom. The molecule has 0 bridgehead atoms. The Bertz CT molecular complexity index is 816. The van der Waals surface area contributed by atoms with Crippen LogP contribution >= 0.6 is 0 Å². The zero-order valence-corrected chi connectivity index (χ0v) is 18.0. The summed E-state index contributed by atoms with van der Waals surface area (Å²) in [5.74, 6) is 1.55. The molecular formula is C23H34N4O. The average molecular weight is 383 g/mol. The first-order valence-electron chi connectivity index (χ1n) is 10.4. The maximum absolute atomic E-state index is 12.5. The molecule has 0 aliphatic carbocycles. The van der Waals surface area contributed by atoms with E-state index in [4.69, 9.17) is 0 Å². The molecule has 1 fully saturated rings. The summed E-state index contributed by atoms with van der Waals surface area (Å²) in [6.45, 7) is 12.5. The van der Waals surface area contributed by atoms with Crippen molar-refractivity contribution in [3.8, 4) is 0 Å². The molecule has 152 valence electrons. The molecule has 1 N–H and O–H groups in total. The second-order valence-electron chi connectivity index (χ2n) is 8.64. The normalized spacial score (nSPS) is 20.3. The molecule has 2 heterocycles. The molecule has 0 unspecified atom stereocenters. The number of likely N-dealkylation sites (tertiary alicyclic amines) is 1. The van der Waals surface area contributed by atoms with Crippen LogP contribution in [0.3, 0.4) is 0 Å². The van der Waals surface area contributed by atoms with E-state index in [0.29, 0.717) is 13.0 Å². The van der Waals surface area contributed by atoms with Crippen LogP contribution in [0.1, 0.15) is 48.3 Å². The third-order valence-electron chi connectivity index (χ3n) is 5.93. The van der Waals surface area contributed by atoms with Gasteiger partial charge in [0, 0.05) is 44.5 Å². The third-order valence-corrected chi connectivity index (χ3v) is 5.93. The van der Waals surface area contributed by atoms with Crippen molar-refractivity contribution in [1.82, 2.24) is 20.0 Å². The van der Waals surface area contributed by atoms with E-state index in [1.54, 1.807) is 0 Å². The highest BCUT2D eigenvalue weighted by molar-refractivity contribution is 5.79. The van der Waals surface area contributed by atoms with Crippen LogP contribution in [0.25, 0.3) is 0 Å². The summed E-state index contributed by atoms with van der Waals surface area (Å²) in [6.07, 6.45) is 1.70. The average Bonchev–Trinajstić information content (AvgIpc) is 2.86. The van der Waals surface area contributed by atoms with Crippen molar-refractivity contribution < 1.29 is 4.79 Å². The van der Waals surface area contributed by atoms with Crippen molar-refractivity contribution in [2.24, 2.45) is 18.9 Å². The van der Waals surface area contributed by atoms with Crippen molar-refractivity contribution >= 4 is 5.91 Å². The minimum atomic E-state index is 0.0502. The number of aryl methyl sites for hydroxylation is 2. The fraction of sp³-hybridized carbons (Fsp3) is 0.565. The smallest absolute Gasteiger partial charge is 0.224 e. The molecule has 1 aromatic carbocycles. The summed E-state index contributed by atoms with van der Waals surface area (Å²) < 4.78 is 1.84. The van der Waals surface area contributed by atoms with Crippen molar-refractivity contribution in [3.63, 3.8) is 0 Å². The van der Waals surface area contributed by atoms with Gasteiger partial charge in [-0.25, -0.2) is 0 Å². The topological polar surface area (TPSA) is 50.2 Å². The van der Waals surface area contributed by atoms with Crippen molar-refractivity contribution in [2.45, 2.75) is 53.6 Å². The number of aromatic nitrogens is 2. The summed E-state index contributed by atoms with van der Waals surface area (Å²) in [5, 5.41) is 7.52. The molecule has 5 heteroatoms. The summed E-state index contributed by atoms with van der Waals surface area (Å²) in [6, 6.07) is 8.48. The van der Waals surface area contributed by atoms with Gasteiger partial charge in [-0.05, 0) is 43.2 Å². The summed E-state index contributed by atoms with van der Waals surface area (Å²) in [4.78, 5) is 15.1. The molecule has 1 saturated heterocycles. The lowest BCUT2D eigenvalue weighted by Gasteiger charge is -2.35. The molecule has 2 aromatic rings. The highest BCUT2D eigenvalue weighted by Crippen LogP contribution is 2.23. The number of nitrogens with one attached hydrogen (secondary N) is 1. The van der Waals surface area contributed by atoms with Gasteiger partial charge in [-0.1, -0.05) is 38.1 Å². The lowest BCUT2D eigenvalue weighted by Crippen LogP contribution is -2.38. The fourth-order valence-corrected chi connectivity index (χ4v) is 4.54. The fourth-order valence-electron chi connectivity index (χ4n) is 4.54. The van der Waals surface area contributed by atoms with Crippen LogP contribution in [0.2, 0.25) is 0 Å². The van der Waals surface area contributed by atoms with Crippen molar-refractivity contribution in [1.29, 1.82) is 0 Å². The number of hydrogen-bond acceptors (Lipinski definition) is 3. The van der Waals surface area contributed by atoms with Crippen LogP contribution in [0.4, 0.5) is 0 Å². The first-order valence-corrected chi connectivity index (χ1v) is 10.4. The number of hydrogen-bond donors (Lipinski definition) is 1. The SMILES string of the molecule is Cc1nn(C)c(C)c1CC(=O)NCc1ccccc1CN1C[C@H](C)C[C@H](C)C1. The molecule has 2 atom stereocenters. The first kappa shape index (κ1) is 20.6. The number of nitrogens with zero attached hydrogens (tertiary/aromatic N) is 3. The van der Waals surface area contributed by atoms with E-state index in [1.807, 2.05) is 25.6 Å². The van der Waals surface area contributed by atoms with Gasteiger partial charge in [-0.15, -0.1) is 0 Å². The minimum absolute atomic E-state index is 0.0502. The minimum Gasteiger partial charge on any atom is -0.352 e. The Labute approximate surface area is 169 Å².